The van der Waals surface area contributed by atoms with Crippen LogP contribution < -0.4 is 10.2 Å². The molecule has 0 bridgehead atoms. The predicted octanol–water partition coefficient (Wildman–Crippen LogP) is 4.58. The summed E-state index contributed by atoms with van der Waals surface area (Å²) in [5.74, 6) is -1.39. The number of carbonyl (C=O) groups is 3. The Morgan fingerprint density at radius 1 is 1.06 bits per heavy atom. The topological polar surface area (TPSA) is 80.6 Å². The van der Waals surface area contributed by atoms with Crippen molar-refractivity contribution in [3.05, 3.63) is 87.7 Å². The second-order valence-corrected chi connectivity index (χ2v) is 8.98. The number of esters is 1. The average molecular weight is 502 g/mol. The van der Waals surface area contributed by atoms with Crippen LogP contribution in [-0.4, -0.2) is 34.6 Å². The fourth-order valence-corrected chi connectivity index (χ4v) is 4.79. The number of amides is 2. The normalized spacial score (nSPS) is 14.9. The molecule has 8 heteroatoms. The summed E-state index contributed by atoms with van der Waals surface area (Å²) < 4.78 is 6.85. The summed E-state index contributed by atoms with van der Waals surface area (Å²) in [4.78, 5) is 39.7. The summed E-state index contributed by atoms with van der Waals surface area (Å²) in [6.45, 7) is 7.79. The number of para-hydroxylation sites is 1. The van der Waals surface area contributed by atoms with Crippen LogP contribution in [-0.2, 0) is 20.7 Å². The lowest BCUT2D eigenvalue weighted by molar-refractivity contribution is -0.122. The van der Waals surface area contributed by atoms with Crippen LogP contribution in [0.3, 0.4) is 0 Å². The Morgan fingerprint density at radius 2 is 1.78 bits per heavy atom. The molecule has 1 aromatic heterocycles. The number of anilines is 1. The number of carbonyl (C=O) groups excluding carboxylic acids is 3. The average Bonchev–Trinajstić information content (AvgIpc) is 3.13. The van der Waals surface area contributed by atoms with Crippen molar-refractivity contribution in [2.75, 3.05) is 12.0 Å². The van der Waals surface area contributed by atoms with Crippen LogP contribution in [0.25, 0.3) is 11.8 Å². The number of aromatic nitrogens is 1. The summed E-state index contributed by atoms with van der Waals surface area (Å²) in [6.07, 6.45) is 2.32. The molecular formula is C28H27N3O4S. The van der Waals surface area contributed by atoms with Gasteiger partial charge in [-0.15, -0.1) is 0 Å². The lowest BCUT2D eigenvalue weighted by Crippen LogP contribution is -2.54. The number of nitrogens with zero attached hydrogens (tertiary/aromatic N) is 2. The Balaban J connectivity index is 1.77. The summed E-state index contributed by atoms with van der Waals surface area (Å²) in [5.41, 5.74) is 6.37. The number of nitrogens with one attached hydrogen (secondary N) is 1. The zero-order valence-corrected chi connectivity index (χ0v) is 21.7. The zero-order valence-electron chi connectivity index (χ0n) is 20.8. The van der Waals surface area contributed by atoms with Crippen molar-refractivity contribution < 1.29 is 19.1 Å². The summed E-state index contributed by atoms with van der Waals surface area (Å²) in [7, 11) is 1.35. The molecule has 7 nitrogen and oxygen atoms in total. The van der Waals surface area contributed by atoms with Gasteiger partial charge in [0, 0.05) is 17.1 Å². The molecule has 1 saturated heterocycles. The molecule has 0 aliphatic carbocycles. The van der Waals surface area contributed by atoms with Crippen molar-refractivity contribution in [2.24, 2.45) is 0 Å². The molecule has 2 heterocycles. The highest BCUT2D eigenvalue weighted by Crippen LogP contribution is 2.29. The number of rotatable bonds is 5. The monoisotopic (exact) mass is 501 g/mol. The van der Waals surface area contributed by atoms with Crippen LogP contribution in [0.1, 0.15) is 45.4 Å². The molecule has 0 radical (unpaired) electrons. The van der Waals surface area contributed by atoms with Crippen LogP contribution in [0.5, 0.6) is 0 Å². The molecule has 0 saturated carbocycles. The molecule has 36 heavy (non-hydrogen) atoms. The minimum atomic E-state index is -0.529. The van der Waals surface area contributed by atoms with Gasteiger partial charge >= 0.3 is 5.97 Å². The number of thiocarbonyl (C=S) groups is 1. The van der Waals surface area contributed by atoms with Gasteiger partial charge in [-0.25, -0.2) is 4.79 Å². The second kappa shape index (κ2) is 9.91. The van der Waals surface area contributed by atoms with E-state index >= 15 is 0 Å². The van der Waals surface area contributed by atoms with Crippen molar-refractivity contribution in [2.45, 2.75) is 34.1 Å². The quantitative estimate of drug-likeness (QED) is 0.240. The molecule has 0 unspecified atom stereocenters. The standard InChI is InChI=1S/C28H27N3O4S/c1-6-19-9-7-8-10-24(19)31-26(33)22(25(32)29-28(31)36)15-21-14-17(3)30(18(21)4)23-12-11-20(13-16(23)2)27(34)35-5/h7-15H,6H2,1-5H3,(H,29,32,36)/b22-15+. The highest BCUT2D eigenvalue weighted by atomic mass is 32.1. The van der Waals surface area contributed by atoms with Crippen LogP contribution >= 0.6 is 12.2 Å². The number of benzene rings is 2. The summed E-state index contributed by atoms with van der Waals surface area (Å²) in [5, 5.41) is 2.73. The van der Waals surface area contributed by atoms with E-state index in [0.717, 1.165) is 33.8 Å². The lowest BCUT2D eigenvalue weighted by atomic mass is 10.0. The first-order valence-corrected chi connectivity index (χ1v) is 12.0. The first kappa shape index (κ1) is 25.1. The third-order valence-corrected chi connectivity index (χ3v) is 6.63. The Hall–Kier alpha value is -4.04. The van der Waals surface area contributed by atoms with E-state index in [1.54, 1.807) is 18.2 Å². The molecular weight excluding hydrogens is 474 g/mol. The maximum Gasteiger partial charge on any atom is 0.337 e. The fraction of sp³-hybridized carbons (Fsp3) is 0.214. The molecule has 2 amide bonds. The number of methoxy groups -OCH3 is 1. The number of aryl methyl sites for hydroxylation is 3. The number of ether oxygens (including phenoxy) is 1. The van der Waals surface area contributed by atoms with Gasteiger partial charge in [0.05, 0.1) is 18.4 Å². The van der Waals surface area contributed by atoms with Gasteiger partial charge in [-0.2, -0.15) is 0 Å². The van der Waals surface area contributed by atoms with E-state index in [-0.39, 0.29) is 10.7 Å². The maximum atomic E-state index is 13.5. The molecule has 184 valence electrons. The Morgan fingerprint density at radius 3 is 2.44 bits per heavy atom. The van der Waals surface area contributed by atoms with E-state index in [2.05, 4.69) is 5.32 Å². The van der Waals surface area contributed by atoms with Gasteiger partial charge in [0.2, 0.25) is 0 Å². The molecule has 2 aromatic carbocycles. The van der Waals surface area contributed by atoms with Gasteiger partial charge in [-0.3, -0.25) is 19.8 Å². The maximum absolute atomic E-state index is 13.5. The number of hydrogen-bond acceptors (Lipinski definition) is 5. The fourth-order valence-electron chi connectivity index (χ4n) is 4.52. The number of hydrogen-bond donors (Lipinski definition) is 1. The van der Waals surface area contributed by atoms with Gasteiger partial charge in [0.25, 0.3) is 11.8 Å². The third-order valence-electron chi connectivity index (χ3n) is 6.34. The first-order chi connectivity index (χ1) is 17.2. The Kier molecular flexibility index (Phi) is 6.90. The van der Waals surface area contributed by atoms with E-state index in [9.17, 15) is 14.4 Å². The van der Waals surface area contributed by atoms with Crippen LogP contribution in [0.4, 0.5) is 5.69 Å². The molecule has 1 aliphatic heterocycles. The van der Waals surface area contributed by atoms with Crippen molar-refractivity contribution in [3.8, 4) is 5.69 Å². The minimum Gasteiger partial charge on any atom is -0.465 e. The molecule has 1 N–H and O–H groups in total. The molecule has 1 aliphatic rings. The van der Waals surface area contributed by atoms with Gasteiger partial charge in [0.15, 0.2) is 5.11 Å². The van der Waals surface area contributed by atoms with Gasteiger partial charge in [-0.05, 0) is 92.5 Å². The van der Waals surface area contributed by atoms with E-state index < -0.39 is 17.8 Å². The van der Waals surface area contributed by atoms with Crippen LogP contribution in [0, 0.1) is 20.8 Å². The van der Waals surface area contributed by atoms with Crippen LogP contribution in [0.2, 0.25) is 0 Å². The zero-order chi connectivity index (χ0) is 26.1. The smallest absolute Gasteiger partial charge is 0.337 e. The molecule has 3 aromatic rings. The van der Waals surface area contributed by atoms with E-state index in [1.807, 2.05) is 68.7 Å². The molecule has 4 rings (SSSR count). The summed E-state index contributed by atoms with van der Waals surface area (Å²) >= 11 is 5.36. The van der Waals surface area contributed by atoms with E-state index in [0.29, 0.717) is 17.7 Å². The van der Waals surface area contributed by atoms with Gasteiger partial charge in [-0.1, -0.05) is 25.1 Å². The molecule has 0 spiro atoms. The minimum absolute atomic E-state index is 0.00696. The van der Waals surface area contributed by atoms with Gasteiger partial charge in [0.1, 0.15) is 5.57 Å². The van der Waals surface area contributed by atoms with Crippen molar-refractivity contribution in [1.82, 2.24) is 9.88 Å². The third kappa shape index (κ3) is 4.35. The molecule has 1 fully saturated rings. The van der Waals surface area contributed by atoms with E-state index in [1.165, 1.54) is 12.0 Å². The van der Waals surface area contributed by atoms with Gasteiger partial charge < -0.3 is 9.30 Å². The van der Waals surface area contributed by atoms with Crippen molar-refractivity contribution in [3.63, 3.8) is 0 Å². The Bertz CT molecular complexity index is 1450. The second-order valence-electron chi connectivity index (χ2n) is 8.59. The van der Waals surface area contributed by atoms with Crippen molar-refractivity contribution in [1.29, 1.82) is 0 Å². The Labute approximate surface area is 215 Å². The van der Waals surface area contributed by atoms with E-state index in [4.69, 9.17) is 17.0 Å². The summed E-state index contributed by atoms with van der Waals surface area (Å²) in [6, 6.07) is 14.8. The lowest BCUT2D eigenvalue weighted by Gasteiger charge is -2.30. The SMILES string of the molecule is CCc1ccccc1N1C(=O)/C(=C/c2cc(C)n(-c3ccc(C(=O)OC)cc3C)c2C)C(=O)NC1=S. The first-order valence-electron chi connectivity index (χ1n) is 11.6. The highest BCUT2D eigenvalue weighted by molar-refractivity contribution is 7.80. The van der Waals surface area contributed by atoms with Crippen LogP contribution in [0.15, 0.2) is 54.1 Å². The highest BCUT2D eigenvalue weighted by Gasteiger charge is 2.35. The molecule has 0 atom stereocenters. The van der Waals surface area contributed by atoms with Crippen molar-refractivity contribution >= 4 is 46.9 Å². The largest absolute Gasteiger partial charge is 0.465 e. The predicted molar refractivity (Wildman–Crippen MR) is 143 cm³/mol.